The van der Waals surface area contributed by atoms with Crippen molar-refractivity contribution >= 4 is 23.5 Å². The van der Waals surface area contributed by atoms with Crippen molar-refractivity contribution in [1.82, 2.24) is 0 Å². The van der Waals surface area contributed by atoms with E-state index in [0.29, 0.717) is 5.56 Å². The number of piperidine rings is 1. The zero-order valence-electron chi connectivity index (χ0n) is 12.7. The van der Waals surface area contributed by atoms with Gasteiger partial charge in [-0.1, -0.05) is 19.9 Å². The molecule has 112 valence electrons. The monoisotopic (exact) mass is 289 g/mol. The van der Waals surface area contributed by atoms with E-state index in [1.807, 2.05) is 13.8 Å². The largest absolute Gasteiger partial charge is 0.478 e. The highest BCUT2D eigenvalue weighted by Crippen LogP contribution is 2.37. The molecule has 1 aliphatic heterocycles. The molecule has 0 bridgehead atoms. The average molecular weight is 289 g/mol. The van der Waals surface area contributed by atoms with Gasteiger partial charge in [0.05, 0.1) is 11.3 Å². The minimum atomic E-state index is -1.14. The van der Waals surface area contributed by atoms with Gasteiger partial charge in [0.15, 0.2) is 0 Å². The van der Waals surface area contributed by atoms with Crippen molar-refractivity contribution in [3.8, 4) is 0 Å². The first-order chi connectivity index (χ1) is 9.62. The van der Waals surface area contributed by atoms with Crippen LogP contribution in [0.1, 0.15) is 48.2 Å². The smallest absolute Gasteiger partial charge is 0.337 e. The molecule has 1 N–H and O–H groups in total. The number of imide groups is 1. The van der Waals surface area contributed by atoms with Gasteiger partial charge in [-0.15, -0.1) is 0 Å². The minimum Gasteiger partial charge on any atom is -0.478 e. The lowest BCUT2D eigenvalue weighted by molar-refractivity contribution is -0.132. The standard InChI is InChI=1S/C16H19NO4/c1-9-5-10(2)14(11(6-9)15(20)21)17-12(18)7-16(3,4)8-13(17)19/h5-6H,7-8H2,1-4H3,(H,20,21). The number of carbonyl (C=O) groups is 3. The maximum atomic E-state index is 12.3. The first-order valence-corrected chi connectivity index (χ1v) is 6.83. The Bertz CT molecular complexity index is 626. The van der Waals surface area contributed by atoms with Crippen LogP contribution in [0.5, 0.6) is 0 Å². The number of carboxylic acids is 1. The predicted octanol–water partition coefficient (Wildman–Crippen LogP) is 2.68. The van der Waals surface area contributed by atoms with Crippen LogP contribution in [0, 0.1) is 19.3 Å². The minimum absolute atomic E-state index is 0.00564. The lowest BCUT2D eigenvalue weighted by Gasteiger charge is -2.35. The molecule has 1 aliphatic rings. The van der Waals surface area contributed by atoms with Crippen LogP contribution in [-0.2, 0) is 9.59 Å². The summed E-state index contributed by atoms with van der Waals surface area (Å²) in [5, 5.41) is 9.37. The Morgan fingerprint density at radius 2 is 1.67 bits per heavy atom. The Kier molecular flexibility index (Phi) is 3.61. The maximum Gasteiger partial charge on any atom is 0.337 e. The van der Waals surface area contributed by atoms with Crippen molar-refractivity contribution in [1.29, 1.82) is 0 Å². The second kappa shape index (κ2) is 4.98. The molecule has 1 heterocycles. The number of carbonyl (C=O) groups excluding carboxylic acids is 2. The van der Waals surface area contributed by atoms with Crippen molar-refractivity contribution < 1.29 is 19.5 Å². The molecule has 0 radical (unpaired) electrons. The normalized spacial score (nSPS) is 18.0. The highest BCUT2D eigenvalue weighted by atomic mass is 16.4. The number of rotatable bonds is 2. The molecule has 0 saturated carbocycles. The van der Waals surface area contributed by atoms with E-state index < -0.39 is 5.97 Å². The molecule has 5 nitrogen and oxygen atoms in total. The molecular formula is C16H19NO4. The SMILES string of the molecule is Cc1cc(C)c(N2C(=O)CC(C)(C)CC2=O)c(C(=O)O)c1. The van der Waals surface area contributed by atoms with E-state index in [1.54, 1.807) is 19.9 Å². The van der Waals surface area contributed by atoms with E-state index >= 15 is 0 Å². The molecule has 0 aromatic heterocycles. The van der Waals surface area contributed by atoms with Crippen LogP contribution >= 0.6 is 0 Å². The fourth-order valence-electron chi connectivity index (χ4n) is 2.85. The maximum absolute atomic E-state index is 12.3. The third-order valence-electron chi connectivity index (χ3n) is 3.66. The summed E-state index contributed by atoms with van der Waals surface area (Å²) in [6.45, 7) is 7.22. The van der Waals surface area contributed by atoms with E-state index in [0.717, 1.165) is 10.5 Å². The summed E-state index contributed by atoms with van der Waals surface area (Å²) >= 11 is 0. The van der Waals surface area contributed by atoms with Gasteiger partial charge < -0.3 is 5.11 Å². The van der Waals surface area contributed by atoms with Gasteiger partial charge in [-0.3, -0.25) is 9.59 Å². The zero-order valence-corrected chi connectivity index (χ0v) is 12.7. The molecule has 1 fully saturated rings. The summed E-state index contributed by atoms with van der Waals surface area (Å²) in [6, 6.07) is 3.27. The number of anilines is 1. The Morgan fingerprint density at radius 1 is 1.14 bits per heavy atom. The molecule has 0 aliphatic carbocycles. The third kappa shape index (κ3) is 2.82. The van der Waals surface area contributed by atoms with Crippen LogP contribution < -0.4 is 4.90 Å². The van der Waals surface area contributed by atoms with Crippen LogP contribution in [0.2, 0.25) is 0 Å². The number of nitrogens with zero attached hydrogens (tertiary/aromatic N) is 1. The van der Waals surface area contributed by atoms with E-state index in [2.05, 4.69) is 0 Å². The summed E-state index contributed by atoms with van der Waals surface area (Å²) in [5.41, 5.74) is 1.22. The fraction of sp³-hybridized carbons (Fsp3) is 0.438. The van der Waals surface area contributed by atoms with E-state index in [1.165, 1.54) is 6.07 Å². The number of hydrogen-bond acceptors (Lipinski definition) is 3. The van der Waals surface area contributed by atoms with Gasteiger partial charge in [-0.25, -0.2) is 9.69 Å². The highest BCUT2D eigenvalue weighted by Gasteiger charge is 2.40. The molecule has 1 aromatic carbocycles. The van der Waals surface area contributed by atoms with E-state index in [-0.39, 0.29) is 41.3 Å². The summed E-state index contributed by atoms with van der Waals surface area (Å²) in [7, 11) is 0. The van der Waals surface area contributed by atoms with Crippen molar-refractivity contribution in [2.45, 2.75) is 40.5 Å². The highest BCUT2D eigenvalue weighted by molar-refractivity contribution is 6.19. The quantitative estimate of drug-likeness (QED) is 0.849. The van der Waals surface area contributed by atoms with Crippen molar-refractivity contribution in [2.75, 3.05) is 4.90 Å². The topological polar surface area (TPSA) is 74.7 Å². The van der Waals surface area contributed by atoms with Crippen LogP contribution in [0.4, 0.5) is 5.69 Å². The predicted molar refractivity (Wildman–Crippen MR) is 78.4 cm³/mol. The van der Waals surface area contributed by atoms with Gasteiger partial charge in [-0.2, -0.15) is 0 Å². The summed E-state index contributed by atoms with van der Waals surface area (Å²) in [5.74, 6) is -1.82. The van der Waals surface area contributed by atoms with Crippen LogP contribution in [0.3, 0.4) is 0 Å². The first-order valence-electron chi connectivity index (χ1n) is 6.83. The van der Waals surface area contributed by atoms with Gasteiger partial charge in [0.2, 0.25) is 11.8 Å². The molecule has 5 heteroatoms. The second-order valence-electron chi connectivity index (χ2n) is 6.42. The molecule has 0 unspecified atom stereocenters. The van der Waals surface area contributed by atoms with Gasteiger partial charge in [0, 0.05) is 12.8 Å². The first kappa shape index (κ1) is 15.2. The van der Waals surface area contributed by atoms with Gasteiger partial charge in [-0.05, 0) is 36.5 Å². The lowest BCUT2D eigenvalue weighted by atomic mass is 9.81. The average Bonchev–Trinajstić information content (AvgIpc) is 2.28. The molecule has 1 aromatic rings. The van der Waals surface area contributed by atoms with Crippen molar-refractivity contribution in [3.05, 3.63) is 28.8 Å². The van der Waals surface area contributed by atoms with Gasteiger partial charge >= 0.3 is 5.97 Å². The summed E-state index contributed by atoms with van der Waals surface area (Å²) < 4.78 is 0. The summed E-state index contributed by atoms with van der Waals surface area (Å²) in [6.07, 6.45) is 0.455. The zero-order chi connectivity index (χ0) is 15.9. The van der Waals surface area contributed by atoms with Gasteiger partial charge in [0.1, 0.15) is 0 Å². The van der Waals surface area contributed by atoms with Crippen LogP contribution in [0.15, 0.2) is 12.1 Å². The Balaban J connectivity index is 2.59. The van der Waals surface area contributed by atoms with E-state index in [4.69, 9.17) is 0 Å². The molecule has 0 spiro atoms. The number of hydrogen-bond donors (Lipinski definition) is 1. The molecule has 21 heavy (non-hydrogen) atoms. The number of aryl methyl sites for hydroxylation is 2. The van der Waals surface area contributed by atoms with E-state index in [9.17, 15) is 19.5 Å². The Hall–Kier alpha value is -2.17. The molecule has 2 rings (SSSR count). The Labute approximate surface area is 123 Å². The van der Waals surface area contributed by atoms with Crippen LogP contribution in [-0.4, -0.2) is 22.9 Å². The Morgan fingerprint density at radius 3 is 2.14 bits per heavy atom. The summed E-state index contributed by atoms with van der Waals surface area (Å²) in [4.78, 5) is 37.2. The van der Waals surface area contributed by atoms with Crippen molar-refractivity contribution in [2.24, 2.45) is 5.41 Å². The third-order valence-corrected chi connectivity index (χ3v) is 3.66. The van der Waals surface area contributed by atoms with Gasteiger partial charge in [0.25, 0.3) is 0 Å². The fourth-order valence-corrected chi connectivity index (χ4v) is 2.85. The molecule has 0 atom stereocenters. The number of amides is 2. The lowest BCUT2D eigenvalue weighted by Crippen LogP contribution is -2.47. The van der Waals surface area contributed by atoms with Crippen LogP contribution in [0.25, 0.3) is 0 Å². The number of benzene rings is 1. The number of carboxylic acid groups (broad SMARTS) is 1. The second-order valence-corrected chi connectivity index (χ2v) is 6.42. The molecule has 1 saturated heterocycles. The molecule has 2 amide bonds. The number of aromatic carboxylic acids is 1. The van der Waals surface area contributed by atoms with Crippen molar-refractivity contribution in [3.63, 3.8) is 0 Å². The molecular weight excluding hydrogens is 270 g/mol.